The second-order valence-corrected chi connectivity index (χ2v) is 6.26. The second-order valence-electron chi connectivity index (χ2n) is 5.09. The van der Waals surface area contributed by atoms with Gasteiger partial charge in [-0.25, -0.2) is 0 Å². The molecule has 4 heteroatoms. The van der Waals surface area contributed by atoms with E-state index in [1.165, 1.54) is 16.0 Å². The zero-order chi connectivity index (χ0) is 15.0. The van der Waals surface area contributed by atoms with Crippen LogP contribution in [-0.4, -0.2) is 29.4 Å². The number of nitrogens with one attached hydrogen (secondary N) is 1. The van der Waals surface area contributed by atoms with Gasteiger partial charge in [-0.3, -0.25) is 4.79 Å². The van der Waals surface area contributed by atoms with Crippen LogP contribution in [0, 0.1) is 13.8 Å². The molecule has 1 amide bonds. The van der Waals surface area contributed by atoms with Crippen LogP contribution >= 0.6 is 11.8 Å². The number of hydrogen-bond acceptors (Lipinski definition) is 3. The summed E-state index contributed by atoms with van der Waals surface area (Å²) in [6, 6.07) is 6.36. The Balaban J connectivity index is 2.23. The minimum Gasteiger partial charge on any atom is -0.391 e. The number of aryl methyl sites for hydroxylation is 2. The number of aliphatic hydroxyl groups excluding tert-OH is 1. The second kappa shape index (κ2) is 9.03. The minimum atomic E-state index is -0.420. The molecule has 0 saturated carbocycles. The SMILES string of the molecule is CCCC(O)CNC(=O)CCSc1ccc(C)c(C)c1. The average Bonchev–Trinajstić information content (AvgIpc) is 2.41. The monoisotopic (exact) mass is 295 g/mol. The molecule has 0 aliphatic heterocycles. The maximum absolute atomic E-state index is 11.6. The Hall–Kier alpha value is -1.00. The minimum absolute atomic E-state index is 0.0106. The zero-order valence-corrected chi connectivity index (χ0v) is 13.4. The molecule has 0 radical (unpaired) electrons. The molecule has 1 unspecified atom stereocenters. The third-order valence-corrected chi connectivity index (χ3v) is 4.23. The number of amides is 1. The Kier molecular flexibility index (Phi) is 7.70. The molecule has 1 atom stereocenters. The van der Waals surface area contributed by atoms with E-state index in [1.807, 2.05) is 6.92 Å². The maximum Gasteiger partial charge on any atom is 0.220 e. The van der Waals surface area contributed by atoms with Crippen molar-refractivity contribution >= 4 is 17.7 Å². The lowest BCUT2D eigenvalue weighted by Gasteiger charge is -2.10. The van der Waals surface area contributed by atoms with E-state index in [2.05, 4.69) is 37.4 Å². The van der Waals surface area contributed by atoms with Crippen LogP contribution in [0.4, 0.5) is 0 Å². The molecule has 1 aromatic rings. The van der Waals surface area contributed by atoms with E-state index < -0.39 is 6.10 Å². The Labute approximate surface area is 126 Å². The van der Waals surface area contributed by atoms with Crippen LogP contribution < -0.4 is 5.32 Å². The van der Waals surface area contributed by atoms with Crippen LogP contribution in [0.15, 0.2) is 23.1 Å². The van der Waals surface area contributed by atoms with Crippen LogP contribution in [0.1, 0.15) is 37.3 Å². The summed E-state index contributed by atoms with van der Waals surface area (Å²) in [6.45, 7) is 6.58. The number of benzene rings is 1. The van der Waals surface area contributed by atoms with Gasteiger partial charge in [0.25, 0.3) is 0 Å². The van der Waals surface area contributed by atoms with Gasteiger partial charge in [-0.2, -0.15) is 0 Å². The van der Waals surface area contributed by atoms with E-state index in [0.717, 1.165) is 18.6 Å². The predicted octanol–water partition coefficient (Wildman–Crippen LogP) is 3.06. The predicted molar refractivity (Wildman–Crippen MR) is 85.2 cm³/mol. The van der Waals surface area contributed by atoms with Crippen molar-refractivity contribution in [3.05, 3.63) is 29.3 Å². The molecule has 0 aromatic heterocycles. The summed E-state index contributed by atoms with van der Waals surface area (Å²) in [7, 11) is 0. The molecule has 0 bridgehead atoms. The molecule has 0 aliphatic carbocycles. The molecule has 20 heavy (non-hydrogen) atoms. The van der Waals surface area contributed by atoms with E-state index in [0.29, 0.717) is 13.0 Å². The summed E-state index contributed by atoms with van der Waals surface area (Å²) < 4.78 is 0. The number of aliphatic hydroxyl groups is 1. The van der Waals surface area contributed by atoms with Crippen molar-refractivity contribution in [2.75, 3.05) is 12.3 Å². The van der Waals surface area contributed by atoms with Crippen molar-refractivity contribution < 1.29 is 9.90 Å². The van der Waals surface area contributed by atoms with Crippen molar-refractivity contribution in [1.82, 2.24) is 5.32 Å². The van der Waals surface area contributed by atoms with Gasteiger partial charge in [-0.1, -0.05) is 19.4 Å². The van der Waals surface area contributed by atoms with Gasteiger partial charge in [-0.15, -0.1) is 11.8 Å². The van der Waals surface area contributed by atoms with E-state index in [9.17, 15) is 9.90 Å². The van der Waals surface area contributed by atoms with Crippen LogP contribution in [0.3, 0.4) is 0 Å². The summed E-state index contributed by atoms with van der Waals surface area (Å²) in [5.74, 6) is 0.773. The first-order valence-electron chi connectivity index (χ1n) is 7.17. The van der Waals surface area contributed by atoms with Crippen LogP contribution in [0.5, 0.6) is 0 Å². The highest BCUT2D eigenvalue weighted by Crippen LogP contribution is 2.21. The smallest absolute Gasteiger partial charge is 0.220 e. The highest BCUT2D eigenvalue weighted by Gasteiger charge is 2.06. The van der Waals surface area contributed by atoms with Crippen molar-refractivity contribution in [3.8, 4) is 0 Å². The highest BCUT2D eigenvalue weighted by molar-refractivity contribution is 7.99. The molecule has 1 aromatic carbocycles. The standard InChI is InChI=1S/C16H25NO2S/c1-4-5-14(18)11-17-16(19)8-9-20-15-7-6-12(2)13(3)10-15/h6-7,10,14,18H,4-5,8-9,11H2,1-3H3,(H,17,19). The maximum atomic E-state index is 11.6. The molecule has 0 fully saturated rings. The number of rotatable bonds is 8. The molecular weight excluding hydrogens is 270 g/mol. The number of carbonyl (C=O) groups is 1. The van der Waals surface area contributed by atoms with Gasteiger partial charge < -0.3 is 10.4 Å². The molecule has 0 saturated heterocycles. The fourth-order valence-electron chi connectivity index (χ4n) is 1.82. The number of carbonyl (C=O) groups excluding carboxylic acids is 1. The first-order chi connectivity index (χ1) is 9.52. The number of hydrogen-bond donors (Lipinski definition) is 2. The Bertz CT molecular complexity index is 434. The lowest BCUT2D eigenvalue weighted by Crippen LogP contribution is -2.32. The van der Waals surface area contributed by atoms with Gasteiger partial charge >= 0.3 is 0 Å². The van der Waals surface area contributed by atoms with Gasteiger partial charge in [0.15, 0.2) is 0 Å². The fourth-order valence-corrected chi connectivity index (χ4v) is 2.77. The molecular formula is C16H25NO2S. The van der Waals surface area contributed by atoms with Crippen molar-refractivity contribution in [3.63, 3.8) is 0 Å². The lowest BCUT2D eigenvalue weighted by atomic mass is 10.1. The normalized spacial score (nSPS) is 12.2. The van der Waals surface area contributed by atoms with Gasteiger partial charge in [0.2, 0.25) is 5.91 Å². The molecule has 1 rings (SSSR count). The Morgan fingerprint density at radius 1 is 1.35 bits per heavy atom. The lowest BCUT2D eigenvalue weighted by molar-refractivity contribution is -0.121. The Morgan fingerprint density at radius 2 is 2.10 bits per heavy atom. The van der Waals surface area contributed by atoms with E-state index in [-0.39, 0.29) is 5.91 Å². The summed E-state index contributed by atoms with van der Waals surface area (Å²) in [4.78, 5) is 12.8. The van der Waals surface area contributed by atoms with Gasteiger partial charge in [0.1, 0.15) is 0 Å². The first kappa shape index (κ1) is 17.1. The zero-order valence-electron chi connectivity index (χ0n) is 12.6. The summed E-state index contributed by atoms with van der Waals surface area (Å²) in [6.07, 6.45) is 1.73. The summed E-state index contributed by atoms with van der Waals surface area (Å²) in [5.41, 5.74) is 2.57. The largest absolute Gasteiger partial charge is 0.391 e. The molecule has 112 valence electrons. The van der Waals surface area contributed by atoms with Crippen LogP contribution in [0.25, 0.3) is 0 Å². The van der Waals surface area contributed by atoms with E-state index in [4.69, 9.17) is 0 Å². The van der Waals surface area contributed by atoms with Crippen molar-refractivity contribution in [1.29, 1.82) is 0 Å². The first-order valence-corrected chi connectivity index (χ1v) is 8.16. The van der Waals surface area contributed by atoms with E-state index in [1.54, 1.807) is 11.8 Å². The van der Waals surface area contributed by atoms with Crippen molar-refractivity contribution in [2.24, 2.45) is 0 Å². The van der Waals surface area contributed by atoms with Crippen LogP contribution in [-0.2, 0) is 4.79 Å². The van der Waals surface area contributed by atoms with E-state index >= 15 is 0 Å². The van der Waals surface area contributed by atoms with Gasteiger partial charge in [0.05, 0.1) is 6.10 Å². The van der Waals surface area contributed by atoms with Crippen LogP contribution in [0.2, 0.25) is 0 Å². The quantitative estimate of drug-likeness (QED) is 0.725. The molecule has 3 nitrogen and oxygen atoms in total. The fraction of sp³-hybridized carbons (Fsp3) is 0.562. The van der Waals surface area contributed by atoms with Gasteiger partial charge in [0, 0.05) is 23.6 Å². The third kappa shape index (κ3) is 6.44. The summed E-state index contributed by atoms with van der Waals surface area (Å²) in [5, 5.41) is 12.3. The molecule has 0 heterocycles. The topological polar surface area (TPSA) is 49.3 Å². The average molecular weight is 295 g/mol. The van der Waals surface area contributed by atoms with Gasteiger partial charge in [-0.05, 0) is 43.5 Å². The Morgan fingerprint density at radius 3 is 2.75 bits per heavy atom. The third-order valence-electron chi connectivity index (χ3n) is 3.23. The van der Waals surface area contributed by atoms with Crippen molar-refractivity contribution in [2.45, 2.75) is 51.0 Å². The highest BCUT2D eigenvalue weighted by atomic mass is 32.2. The molecule has 2 N–H and O–H groups in total. The summed E-state index contributed by atoms with van der Waals surface area (Å²) >= 11 is 1.69. The molecule has 0 spiro atoms. The molecule has 0 aliphatic rings. The number of thioether (sulfide) groups is 1.